The van der Waals surface area contributed by atoms with Crippen LogP contribution < -0.4 is 5.56 Å². The molecule has 118 valence electrons. The van der Waals surface area contributed by atoms with Crippen molar-refractivity contribution in [3.8, 4) is 0 Å². The molecule has 0 radical (unpaired) electrons. The van der Waals surface area contributed by atoms with Gasteiger partial charge in [0, 0.05) is 17.0 Å². The summed E-state index contributed by atoms with van der Waals surface area (Å²) in [6.45, 7) is 3.62. The van der Waals surface area contributed by atoms with Crippen molar-refractivity contribution < 1.29 is 13.2 Å². The second kappa shape index (κ2) is 6.56. The number of aryl methyl sites for hydroxylation is 1. The summed E-state index contributed by atoms with van der Waals surface area (Å²) in [7, 11) is 0. The van der Waals surface area contributed by atoms with Crippen molar-refractivity contribution in [3.05, 3.63) is 57.0 Å². The molecule has 1 aromatic heterocycles. The molecular weight excluding hydrogens is 313 g/mol. The van der Waals surface area contributed by atoms with Gasteiger partial charge in [-0.1, -0.05) is 36.9 Å². The minimum absolute atomic E-state index is 0.193. The zero-order chi connectivity index (χ0) is 16.3. The van der Waals surface area contributed by atoms with E-state index in [2.05, 4.69) is 9.97 Å². The van der Waals surface area contributed by atoms with Gasteiger partial charge in [-0.15, -0.1) is 0 Å². The minimum Gasteiger partial charge on any atom is -0.301 e. The van der Waals surface area contributed by atoms with Crippen molar-refractivity contribution >= 4 is 11.8 Å². The van der Waals surface area contributed by atoms with Crippen molar-refractivity contribution in [1.82, 2.24) is 9.97 Å². The van der Waals surface area contributed by atoms with Gasteiger partial charge in [0.15, 0.2) is 5.16 Å². The van der Waals surface area contributed by atoms with E-state index in [1.165, 1.54) is 17.8 Å². The zero-order valence-electron chi connectivity index (χ0n) is 12.1. The predicted molar refractivity (Wildman–Crippen MR) is 80.0 cm³/mol. The maximum absolute atomic E-state index is 12.7. The fourth-order valence-corrected chi connectivity index (χ4v) is 2.91. The van der Waals surface area contributed by atoms with E-state index in [0.29, 0.717) is 34.2 Å². The fourth-order valence-electron chi connectivity index (χ4n) is 2.06. The smallest absolute Gasteiger partial charge is 0.301 e. The van der Waals surface area contributed by atoms with E-state index in [1.807, 2.05) is 6.92 Å². The first-order valence-electron chi connectivity index (χ1n) is 6.70. The first-order valence-corrected chi connectivity index (χ1v) is 7.68. The third kappa shape index (κ3) is 3.91. The fraction of sp³-hybridized carbons (Fsp3) is 0.333. The van der Waals surface area contributed by atoms with Crippen molar-refractivity contribution in [3.63, 3.8) is 0 Å². The van der Waals surface area contributed by atoms with Crippen LogP contribution in [0.25, 0.3) is 0 Å². The average Bonchev–Trinajstić information content (AvgIpc) is 2.44. The van der Waals surface area contributed by atoms with Gasteiger partial charge in [-0.2, -0.15) is 13.2 Å². The van der Waals surface area contributed by atoms with Crippen LogP contribution in [0.3, 0.4) is 0 Å². The van der Waals surface area contributed by atoms with Gasteiger partial charge < -0.3 is 4.98 Å². The third-order valence-corrected chi connectivity index (χ3v) is 4.13. The Balaban J connectivity index is 2.16. The summed E-state index contributed by atoms with van der Waals surface area (Å²) in [5, 5.41) is 0.414. The van der Waals surface area contributed by atoms with E-state index in [-0.39, 0.29) is 5.56 Å². The number of halogens is 3. The number of alkyl halides is 3. The van der Waals surface area contributed by atoms with Crippen LogP contribution in [-0.4, -0.2) is 9.97 Å². The summed E-state index contributed by atoms with van der Waals surface area (Å²) in [5.74, 6) is 0.303. The SMILES string of the molecule is CCc1c(C)nc(SCc2cccc(C(F)(F)F)c2)[nH]c1=O. The molecule has 22 heavy (non-hydrogen) atoms. The molecule has 3 nitrogen and oxygen atoms in total. The molecule has 1 aromatic carbocycles. The van der Waals surface area contributed by atoms with Crippen LogP contribution in [0, 0.1) is 6.92 Å². The summed E-state index contributed by atoms with van der Waals surface area (Å²) < 4.78 is 38.0. The highest BCUT2D eigenvalue weighted by molar-refractivity contribution is 7.98. The van der Waals surface area contributed by atoms with Gasteiger partial charge in [-0.05, 0) is 25.0 Å². The van der Waals surface area contributed by atoms with Gasteiger partial charge in [0.25, 0.3) is 5.56 Å². The topological polar surface area (TPSA) is 45.8 Å². The lowest BCUT2D eigenvalue weighted by atomic mass is 10.1. The van der Waals surface area contributed by atoms with Crippen LogP contribution in [-0.2, 0) is 18.3 Å². The van der Waals surface area contributed by atoms with Crippen LogP contribution in [0.5, 0.6) is 0 Å². The largest absolute Gasteiger partial charge is 0.416 e. The predicted octanol–water partition coefficient (Wildman–Crippen LogP) is 3.95. The normalized spacial score (nSPS) is 11.7. The number of hydrogen-bond donors (Lipinski definition) is 1. The Morgan fingerprint density at radius 2 is 2.05 bits per heavy atom. The summed E-state index contributed by atoms with van der Waals surface area (Å²) >= 11 is 1.21. The van der Waals surface area contributed by atoms with E-state index in [4.69, 9.17) is 0 Å². The molecule has 0 aliphatic rings. The Hall–Kier alpha value is -1.76. The highest BCUT2D eigenvalue weighted by Gasteiger charge is 2.30. The van der Waals surface area contributed by atoms with E-state index in [0.717, 1.165) is 12.1 Å². The van der Waals surface area contributed by atoms with Gasteiger partial charge in [-0.3, -0.25) is 4.79 Å². The highest BCUT2D eigenvalue weighted by atomic mass is 32.2. The van der Waals surface area contributed by atoms with Gasteiger partial charge in [0.05, 0.1) is 5.56 Å². The summed E-state index contributed by atoms with van der Waals surface area (Å²) in [5.41, 5.74) is 0.937. The zero-order valence-corrected chi connectivity index (χ0v) is 12.9. The molecule has 0 saturated heterocycles. The van der Waals surface area contributed by atoms with E-state index in [9.17, 15) is 18.0 Å². The Morgan fingerprint density at radius 1 is 1.32 bits per heavy atom. The lowest BCUT2D eigenvalue weighted by Crippen LogP contribution is -2.16. The van der Waals surface area contributed by atoms with Crippen LogP contribution in [0.1, 0.15) is 29.3 Å². The third-order valence-electron chi connectivity index (χ3n) is 3.18. The number of aromatic nitrogens is 2. The average molecular weight is 328 g/mol. The van der Waals surface area contributed by atoms with Gasteiger partial charge in [-0.25, -0.2) is 4.98 Å². The maximum Gasteiger partial charge on any atom is 0.416 e. The molecular formula is C15H15F3N2OS. The Bertz CT molecular complexity index is 725. The molecule has 0 saturated carbocycles. The number of H-pyrrole nitrogens is 1. The molecule has 2 aromatic rings. The molecule has 0 aliphatic carbocycles. The second-order valence-corrected chi connectivity index (χ2v) is 5.74. The molecule has 0 amide bonds. The van der Waals surface area contributed by atoms with Gasteiger partial charge in [0.2, 0.25) is 0 Å². The number of thioether (sulfide) groups is 1. The number of benzene rings is 1. The van der Waals surface area contributed by atoms with Crippen molar-refractivity contribution in [2.75, 3.05) is 0 Å². The van der Waals surface area contributed by atoms with E-state index < -0.39 is 11.7 Å². The quantitative estimate of drug-likeness (QED) is 0.683. The molecule has 0 aliphatic heterocycles. The van der Waals surface area contributed by atoms with Crippen LogP contribution >= 0.6 is 11.8 Å². The molecule has 0 bridgehead atoms. The van der Waals surface area contributed by atoms with Crippen molar-refractivity contribution in [2.45, 2.75) is 37.4 Å². The summed E-state index contributed by atoms with van der Waals surface area (Å²) in [6, 6.07) is 5.14. The van der Waals surface area contributed by atoms with E-state index >= 15 is 0 Å². The van der Waals surface area contributed by atoms with Gasteiger partial charge in [0.1, 0.15) is 0 Å². The Morgan fingerprint density at radius 3 is 2.64 bits per heavy atom. The van der Waals surface area contributed by atoms with Crippen LogP contribution in [0.2, 0.25) is 0 Å². The second-order valence-electron chi connectivity index (χ2n) is 4.78. The summed E-state index contributed by atoms with van der Waals surface area (Å²) in [6.07, 6.45) is -3.76. The monoisotopic (exact) mass is 328 g/mol. The molecule has 0 spiro atoms. The first-order chi connectivity index (χ1) is 10.3. The molecule has 2 rings (SSSR count). The van der Waals surface area contributed by atoms with Crippen molar-refractivity contribution in [1.29, 1.82) is 0 Å². The Kier molecular flexibility index (Phi) is 4.95. The van der Waals surface area contributed by atoms with E-state index in [1.54, 1.807) is 13.0 Å². The number of rotatable bonds is 4. The van der Waals surface area contributed by atoms with Crippen LogP contribution in [0.15, 0.2) is 34.2 Å². The lowest BCUT2D eigenvalue weighted by Gasteiger charge is -2.09. The van der Waals surface area contributed by atoms with Gasteiger partial charge >= 0.3 is 6.18 Å². The highest BCUT2D eigenvalue weighted by Crippen LogP contribution is 2.30. The molecule has 1 heterocycles. The molecule has 0 atom stereocenters. The number of nitrogens with zero attached hydrogens (tertiary/aromatic N) is 1. The first kappa shape index (κ1) is 16.6. The number of nitrogens with one attached hydrogen (secondary N) is 1. The molecule has 0 unspecified atom stereocenters. The van der Waals surface area contributed by atoms with Crippen molar-refractivity contribution in [2.24, 2.45) is 0 Å². The minimum atomic E-state index is -4.35. The van der Waals surface area contributed by atoms with Crippen LogP contribution in [0.4, 0.5) is 13.2 Å². The molecule has 7 heteroatoms. The Labute approximate surface area is 130 Å². The number of aromatic amines is 1. The summed E-state index contributed by atoms with van der Waals surface area (Å²) in [4.78, 5) is 18.8. The lowest BCUT2D eigenvalue weighted by molar-refractivity contribution is -0.137. The molecule has 0 fully saturated rings. The standard InChI is InChI=1S/C15H15F3N2OS/c1-3-12-9(2)19-14(20-13(12)21)22-8-10-5-4-6-11(7-10)15(16,17)18/h4-7H,3,8H2,1-2H3,(H,19,20,21). The maximum atomic E-state index is 12.7. The molecule has 1 N–H and O–H groups in total. The number of hydrogen-bond acceptors (Lipinski definition) is 3.